The van der Waals surface area contributed by atoms with E-state index < -0.39 is 0 Å². The van der Waals surface area contributed by atoms with Crippen molar-refractivity contribution in [2.24, 2.45) is 0 Å². The quantitative estimate of drug-likeness (QED) is 0.833. The Balaban J connectivity index is 2.08. The number of hydrogen-bond donors (Lipinski definition) is 1. The van der Waals surface area contributed by atoms with Crippen molar-refractivity contribution in [2.75, 3.05) is 26.9 Å². The van der Waals surface area contributed by atoms with Crippen LogP contribution in [-0.4, -0.2) is 42.7 Å². The minimum atomic E-state index is -0.0831. The maximum Gasteiger partial charge on any atom is 0.254 e. The van der Waals surface area contributed by atoms with Gasteiger partial charge < -0.3 is 10.2 Å². The lowest BCUT2D eigenvalue weighted by Crippen LogP contribution is -2.34. The van der Waals surface area contributed by atoms with E-state index in [1.54, 1.807) is 18.3 Å². The minimum absolute atomic E-state index is 0.0831. The van der Waals surface area contributed by atoms with Crippen LogP contribution in [0, 0.1) is 0 Å². The normalized spacial score (nSPS) is 12.2. The molecule has 0 aliphatic rings. The van der Waals surface area contributed by atoms with Crippen LogP contribution in [0.4, 0.5) is 0 Å². The monoisotopic (exact) mass is 315 g/mol. The molecule has 0 aliphatic heterocycles. The standard InChI is InChI=1S/C17H21N3OS/c1-20(2)15(13-8-5-4-6-9-13)12-19-16(21)14-10-7-11-18-17(14)22-3/h4-11,15H,12H2,1-3H3,(H,19,21). The van der Waals surface area contributed by atoms with Gasteiger partial charge in [0.1, 0.15) is 5.03 Å². The largest absolute Gasteiger partial charge is 0.350 e. The van der Waals surface area contributed by atoms with Crippen molar-refractivity contribution in [3.8, 4) is 0 Å². The zero-order chi connectivity index (χ0) is 15.9. The Labute approximate surface area is 135 Å². The van der Waals surface area contributed by atoms with E-state index in [0.717, 1.165) is 5.03 Å². The van der Waals surface area contributed by atoms with E-state index in [-0.39, 0.29) is 11.9 Å². The minimum Gasteiger partial charge on any atom is -0.350 e. The summed E-state index contributed by atoms with van der Waals surface area (Å²) < 4.78 is 0. The van der Waals surface area contributed by atoms with Gasteiger partial charge >= 0.3 is 0 Å². The molecular formula is C17H21N3OS. The number of carbonyl (C=O) groups is 1. The van der Waals surface area contributed by atoms with Gasteiger partial charge in [0.15, 0.2) is 0 Å². The van der Waals surface area contributed by atoms with Crippen LogP contribution < -0.4 is 5.32 Å². The van der Waals surface area contributed by atoms with Crippen molar-refractivity contribution >= 4 is 17.7 Å². The average Bonchev–Trinajstić information content (AvgIpc) is 2.55. The fraction of sp³-hybridized carbons (Fsp3) is 0.294. The Morgan fingerprint density at radius 1 is 1.23 bits per heavy atom. The van der Waals surface area contributed by atoms with E-state index in [0.29, 0.717) is 12.1 Å². The molecule has 116 valence electrons. The van der Waals surface area contributed by atoms with Gasteiger partial charge in [0.2, 0.25) is 0 Å². The summed E-state index contributed by atoms with van der Waals surface area (Å²) in [5, 5.41) is 3.77. The maximum absolute atomic E-state index is 12.4. The maximum atomic E-state index is 12.4. The van der Waals surface area contributed by atoms with E-state index in [1.807, 2.05) is 38.6 Å². The van der Waals surface area contributed by atoms with Crippen LogP contribution in [0.3, 0.4) is 0 Å². The number of nitrogens with one attached hydrogen (secondary N) is 1. The Kier molecular flexibility index (Phi) is 5.98. The predicted octanol–water partition coefficient (Wildman–Crippen LogP) is 2.84. The number of likely N-dealkylation sites (N-methyl/N-ethyl adjacent to an activating group) is 1. The van der Waals surface area contributed by atoms with Gasteiger partial charge in [0.05, 0.1) is 11.6 Å². The molecule has 5 heteroatoms. The highest BCUT2D eigenvalue weighted by molar-refractivity contribution is 7.98. The first-order chi connectivity index (χ1) is 10.6. The molecule has 0 bridgehead atoms. The SMILES string of the molecule is CSc1ncccc1C(=O)NCC(c1ccccc1)N(C)C. The second-order valence-electron chi connectivity index (χ2n) is 5.16. The molecule has 1 atom stereocenters. The van der Waals surface area contributed by atoms with Gasteiger partial charge in [-0.1, -0.05) is 30.3 Å². The molecule has 0 fully saturated rings. The number of rotatable bonds is 6. The molecule has 1 aromatic heterocycles. The highest BCUT2D eigenvalue weighted by atomic mass is 32.2. The number of hydrogen-bond acceptors (Lipinski definition) is 4. The molecule has 1 heterocycles. The summed E-state index contributed by atoms with van der Waals surface area (Å²) >= 11 is 1.48. The lowest BCUT2D eigenvalue weighted by Gasteiger charge is -2.25. The number of carbonyl (C=O) groups excluding carboxylic acids is 1. The van der Waals surface area contributed by atoms with Crippen LogP contribution in [0.25, 0.3) is 0 Å². The molecule has 0 spiro atoms. The Morgan fingerprint density at radius 2 is 1.95 bits per heavy atom. The van der Waals surface area contributed by atoms with Crippen LogP contribution in [-0.2, 0) is 0 Å². The molecule has 0 radical (unpaired) electrons. The summed E-state index contributed by atoms with van der Waals surface area (Å²) in [4.78, 5) is 18.7. The van der Waals surface area contributed by atoms with Crippen LogP contribution >= 0.6 is 11.8 Å². The summed E-state index contributed by atoms with van der Waals surface area (Å²) in [5.74, 6) is -0.0831. The number of aromatic nitrogens is 1. The first-order valence-corrected chi connectivity index (χ1v) is 8.34. The third-order valence-electron chi connectivity index (χ3n) is 3.47. The third-order valence-corrected chi connectivity index (χ3v) is 4.18. The van der Waals surface area contributed by atoms with Crippen LogP contribution in [0.2, 0.25) is 0 Å². The second-order valence-corrected chi connectivity index (χ2v) is 5.96. The van der Waals surface area contributed by atoms with E-state index in [9.17, 15) is 4.79 Å². The lowest BCUT2D eigenvalue weighted by atomic mass is 10.1. The van der Waals surface area contributed by atoms with Gasteiger partial charge in [-0.05, 0) is 38.0 Å². The average molecular weight is 315 g/mol. The first kappa shape index (κ1) is 16.5. The van der Waals surface area contributed by atoms with Gasteiger partial charge in [0.25, 0.3) is 5.91 Å². The fourth-order valence-electron chi connectivity index (χ4n) is 2.28. The van der Waals surface area contributed by atoms with E-state index in [4.69, 9.17) is 0 Å². The molecule has 1 aromatic carbocycles. The summed E-state index contributed by atoms with van der Waals surface area (Å²) in [6.45, 7) is 0.554. The molecule has 2 aromatic rings. The fourth-order valence-corrected chi connectivity index (χ4v) is 2.83. The molecule has 2 rings (SSSR count). The van der Waals surface area contributed by atoms with Gasteiger partial charge in [-0.2, -0.15) is 0 Å². The van der Waals surface area contributed by atoms with Crippen molar-refractivity contribution in [1.29, 1.82) is 0 Å². The first-order valence-electron chi connectivity index (χ1n) is 7.12. The molecule has 1 amide bonds. The molecule has 0 aliphatic carbocycles. The van der Waals surface area contributed by atoms with Crippen LogP contribution in [0.1, 0.15) is 22.0 Å². The Bertz CT molecular complexity index is 616. The van der Waals surface area contributed by atoms with Crippen molar-refractivity contribution in [2.45, 2.75) is 11.1 Å². The van der Waals surface area contributed by atoms with Crippen LogP contribution in [0.15, 0.2) is 53.7 Å². The van der Waals surface area contributed by atoms with Crippen molar-refractivity contribution in [3.63, 3.8) is 0 Å². The zero-order valence-corrected chi connectivity index (χ0v) is 13.9. The summed E-state index contributed by atoms with van der Waals surface area (Å²) in [6.07, 6.45) is 3.63. The molecule has 0 saturated carbocycles. The number of benzene rings is 1. The molecule has 4 nitrogen and oxygen atoms in total. The zero-order valence-electron chi connectivity index (χ0n) is 13.1. The van der Waals surface area contributed by atoms with Crippen molar-refractivity contribution < 1.29 is 4.79 Å². The summed E-state index contributed by atoms with van der Waals surface area (Å²) in [6, 6.07) is 13.9. The van der Waals surface area contributed by atoms with Crippen molar-refractivity contribution in [3.05, 3.63) is 59.8 Å². The van der Waals surface area contributed by atoms with Crippen LogP contribution in [0.5, 0.6) is 0 Å². The Hall–Kier alpha value is -1.85. The molecule has 22 heavy (non-hydrogen) atoms. The highest BCUT2D eigenvalue weighted by Gasteiger charge is 2.17. The van der Waals surface area contributed by atoms with E-state index in [1.165, 1.54) is 17.3 Å². The predicted molar refractivity (Wildman–Crippen MR) is 91.2 cm³/mol. The molecule has 0 saturated heterocycles. The lowest BCUT2D eigenvalue weighted by molar-refractivity contribution is 0.0938. The van der Waals surface area contributed by atoms with E-state index in [2.05, 4.69) is 27.3 Å². The number of nitrogens with zero attached hydrogens (tertiary/aromatic N) is 2. The summed E-state index contributed by atoms with van der Waals surface area (Å²) in [7, 11) is 4.03. The van der Waals surface area contributed by atoms with Gasteiger partial charge in [-0.25, -0.2) is 4.98 Å². The highest BCUT2D eigenvalue weighted by Crippen LogP contribution is 2.19. The number of pyridine rings is 1. The Morgan fingerprint density at radius 3 is 2.59 bits per heavy atom. The second kappa shape index (κ2) is 7.96. The van der Waals surface area contributed by atoms with Crippen molar-refractivity contribution in [1.82, 2.24) is 15.2 Å². The molecule has 1 N–H and O–H groups in total. The molecular weight excluding hydrogens is 294 g/mol. The smallest absolute Gasteiger partial charge is 0.254 e. The van der Waals surface area contributed by atoms with Gasteiger partial charge in [-0.15, -0.1) is 11.8 Å². The molecule has 1 unspecified atom stereocenters. The van der Waals surface area contributed by atoms with Gasteiger partial charge in [0, 0.05) is 12.7 Å². The topological polar surface area (TPSA) is 45.2 Å². The number of amides is 1. The summed E-state index contributed by atoms with van der Waals surface area (Å²) in [5.41, 5.74) is 1.81. The van der Waals surface area contributed by atoms with Gasteiger partial charge in [-0.3, -0.25) is 4.79 Å². The number of thioether (sulfide) groups is 1. The third kappa shape index (κ3) is 4.08. The van der Waals surface area contributed by atoms with E-state index >= 15 is 0 Å².